The lowest BCUT2D eigenvalue weighted by atomic mass is 9.94. The van der Waals surface area contributed by atoms with Crippen LogP contribution in [0.15, 0.2) is 18.2 Å². The van der Waals surface area contributed by atoms with Crippen LogP contribution in [0, 0.1) is 13.8 Å². The Morgan fingerprint density at radius 2 is 2.00 bits per heavy atom. The molecule has 1 aromatic rings. The first-order valence-corrected chi connectivity index (χ1v) is 7.04. The third-order valence-corrected chi connectivity index (χ3v) is 4.37. The Labute approximate surface area is 114 Å². The number of carbonyl (C=O) groups is 1. The number of hydrogen-bond donors (Lipinski definition) is 1. The fraction of sp³-hybridized carbons (Fsp3) is 0.533. The molecule has 98 valence electrons. The van der Waals surface area contributed by atoms with Gasteiger partial charge < -0.3 is 5.32 Å². The molecule has 0 bridgehead atoms. The minimum atomic E-state index is 0.00810. The highest BCUT2D eigenvalue weighted by molar-refractivity contribution is 6.21. The number of hydrogen-bond acceptors (Lipinski definition) is 1. The molecule has 2 nitrogen and oxygen atoms in total. The van der Waals surface area contributed by atoms with Crippen molar-refractivity contribution < 1.29 is 4.79 Å². The molecule has 18 heavy (non-hydrogen) atoms. The first-order chi connectivity index (χ1) is 8.59. The van der Waals surface area contributed by atoms with Gasteiger partial charge in [-0.1, -0.05) is 25.0 Å². The highest BCUT2D eigenvalue weighted by atomic mass is 35.5. The molecule has 1 aliphatic carbocycles. The van der Waals surface area contributed by atoms with Crippen molar-refractivity contribution in [2.75, 3.05) is 0 Å². The van der Waals surface area contributed by atoms with Crippen LogP contribution in [0.3, 0.4) is 0 Å². The fourth-order valence-electron chi connectivity index (χ4n) is 2.49. The van der Waals surface area contributed by atoms with Gasteiger partial charge in [0.15, 0.2) is 0 Å². The third-order valence-electron chi connectivity index (χ3n) is 3.85. The predicted molar refractivity (Wildman–Crippen MR) is 75.3 cm³/mol. The van der Waals surface area contributed by atoms with Crippen LogP contribution in [-0.4, -0.2) is 17.3 Å². The average Bonchev–Trinajstić information content (AvgIpc) is 2.35. The maximum absolute atomic E-state index is 12.3. The number of halogens is 1. The van der Waals surface area contributed by atoms with Crippen molar-refractivity contribution in [2.45, 2.75) is 50.9 Å². The maximum atomic E-state index is 12.3. The summed E-state index contributed by atoms with van der Waals surface area (Å²) in [7, 11) is 0. The van der Waals surface area contributed by atoms with Crippen LogP contribution < -0.4 is 5.32 Å². The Kier molecular flexibility index (Phi) is 4.28. The summed E-state index contributed by atoms with van der Waals surface area (Å²) in [5.41, 5.74) is 2.97. The van der Waals surface area contributed by atoms with E-state index in [0.29, 0.717) is 0 Å². The van der Waals surface area contributed by atoms with E-state index in [1.54, 1.807) is 0 Å². The standard InChI is InChI=1S/C15H20ClNO/c1-10-6-5-7-12(11(10)2)15(18)17-14-9-4-3-8-13(14)16/h5-7,13-14H,3-4,8-9H2,1-2H3,(H,17,18). The molecule has 1 saturated carbocycles. The molecule has 1 amide bonds. The van der Waals surface area contributed by atoms with E-state index in [2.05, 4.69) is 5.32 Å². The van der Waals surface area contributed by atoms with Crippen LogP contribution in [0.4, 0.5) is 0 Å². The Morgan fingerprint density at radius 1 is 1.28 bits per heavy atom. The minimum Gasteiger partial charge on any atom is -0.348 e. The lowest BCUT2D eigenvalue weighted by Gasteiger charge is -2.28. The number of aryl methyl sites for hydroxylation is 1. The van der Waals surface area contributed by atoms with E-state index >= 15 is 0 Å². The largest absolute Gasteiger partial charge is 0.348 e. The summed E-state index contributed by atoms with van der Waals surface area (Å²) in [6.45, 7) is 4.01. The van der Waals surface area contributed by atoms with E-state index in [1.165, 1.54) is 6.42 Å². The first kappa shape index (κ1) is 13.4. The number of nitrogens with one attached hydrogen (secondary N) is 1. The molecule has 1 aliphatic rings. The van der Waals surface area contributed by atoms with Crippen molar-refractivity contribution >= 4 is 17.5 Å². The molecule has 1 aromatic carbocycles. The van der Waals surface area contributed by atoms with Crippen molar-refractivity contribution in [1.29, 1.82) is 0 Å². The molecule has 3 heteroatoms. The third kappa shape index (κ3) is 2.86. The zero-order chi connectivity index (χ0) is 13.1. The van der Waals surface area contributed by atoms with E-state index in [0.717, 1.165) is 36.0 Å². The van der Waals surface area contributed by atoms with Crippen molar-refractivity contribution in [1.82, 2.24) is 5.32 Å². The number of alkyl halides is 1. The van der Waals surface area contributed by atoms with Gasteiger partial charge in [-0.25, -0.2) is 0 Å². The molecular weight excluding hydrogens is 246 g/mol. The average molecular weight is 266 g/mol. The molecule has 0 aromatic heterocycles. The van der Waals surface area contributed by atoms with Crippen LogP contribution >= 0.6 is 11.6 Å². The SMILES string of the molecule is Cc1cccc(C(=O)NC2CCCCC2Cl)c1C. The van der Waals surface area contributed by atoms with E-state index in [-0.39, 0.29) is 17.3 Å². The van der Waals surface area contributed by atoms with Gasteiger partial charge in [0.25, 0.3) is 5.91 Å². The van der Waals surface area contributed by atoms with Crippen LogP contribution in [0.25, 0.3) is 0 Å². The molecule has 1 N–H and O–H groups in total. The molecule has 2 rings (SSSR count). The zero-order valence-corrected chi connectivity index (χ0v) is 11.8. The summed E-state index contributed by atoms with van der Waals surface area (Å²) in [6.07, 6.45) is 4.31. The van der Waals surface area contributed by atoms with Gasteiger partial charge in [0.1, 0.15) is 0 Å². The summed E-state index contributed by atoms with van der Waals surface area (Å²) in [6, 6.07) is 5.95. The smallest absolute Gasteiger partial charge is 0.251 e. The zero-order valence-electron chi connectivity index (χ0n) is 11.0. The number of amides is 1. The highest BCUT2D eigenvalue weighted by Crippen LogP contribution is 2.23. The van der Waals surface area contributed by atoms with Gasteiger partial charge >= 0.3 is 0 Å². The molecular formula is C15H20ClNO. The lowest BCUT2D eigenvalue weighted by Crippen LogP contribution is -2.43. The van der Waals surface area contributed by atoms with Crippen LogP contribution in [0.1, 0.15) is 47.2 Å². The molecule has 0 heterocycles. The Balaban J connectivity index is 2.09. The summed E-state index contributed by atoms with van der Waals surface area (Å²) >= 11 is 6.27. The van der Waals surface area contributed by atoms with Crippen molar-refractivity contribution in [3.63, 3.8) is 0 Å². The van der Waals surface area contributed by atoms with Crippen molar-refractivity contribution in [3.8, 4) is 0 Å². The van der Waals surface area contributed by atoms with Gasteiger partial charge in [-0.2, -0.15) is 0 Å². The number of carbonyl (C=O) groups excluding carboxylic acids is 1. The van der Waals surface area contributed by atoms with Crippen LogP contribution in [0.5, 0.6) is 0 Å². The van der Waals surface area contributed by atoms with Gasteiger partial charge in [-0.15, -0.1) is 11.6 Å². The lowest BCUT2D eigenvalue weighted by molar-refractivity contribution is 0.0928. The molecule has 0 radical (unpaired) electrons. The molecule has 0 spiro atoms. The molecule has 0 saturated heterocycles. The van der Waals surface area contributed by atoms with Gasteiger partial charge in [0.2, 0.25) is 0 Å². The Hall–Kier alpha value is -1.02. The Bertz CT molecular complexity index is 444. The number of benzene rings is 1. The van der Waals surface area contributed by atoms with Crippen LogP contribution in [-0.2, 0) is 0 Å². The van der Waals surface area contributed by atoms with Gasteiger partial charge in [0.05, 0.1) is 5.38 Å². The molecule has 2 unspecified atom stereocenters. The van der Waals surface area contributed by atoms with Gasteiger partial charge in [-0.3, -0.25) is 4.79 Å². The van der Waals surface area contributed by atoms with E-state index in [9.17, 15) is 4.79 Å². The normalized spacial score (nSPS) is 23.7. The quantitative estimate of drug-likeness (QED) is 0.814. The second-order valence-electron chi connectivity index (χ2n) is 5.13. The maximum Gasteiger partial charge on any atom is 0.251 e. The van der Waals surface area contributed by atoms with E-state index in [1.807, 2.05) is 32.0 Å². The Morgan fingerprint density at radius 3 is 2.72 bits per heavy atom. The second kappa shape index (κ2) is 5.75. The fourth-order valence-corrected chi connectivity index (χ4v) is 2.83. The van der Waals surface area contributed by atoms with Crippen LogP contribution in [0.2, 0.25) is 0 Å². The summed E-state index contributed by atoms with van der Waals surface area (Å²) in [5, 5.41) is 3.16. The number of rotatable bonds is 2. The second-order valence-corrected chi connectivity index (χ2v) is 5.69. The molecule has 0 aliphatic heterocycles. The minimum absolute atomic E-state index is 0.00810. The van der Waals surface area contributed by atoms with Crippen molar-refractivity contribution in [3.05, 3.63) is 34.9 Å². The topological polar surface area (TPSA) is 29.1 Å². The predicted octanol–water partition coefficient (Wildman–Crippen LogP) is 3.58. The summed E-state index contributed by atoms with van der Waals surface area (Å²) < 4.78 is 0. The van der Waals surface area contributed by atoms with Gasteiger partial charge in [-0.05, 0) is 43.9 Å². The molecule has 2 atom stereocenters. The summed E-state index contributed by atoms with van der Waals surface area (Å²) in [4.78, 5) is 12.3. The highest BCUT2D eigenvalue weighted by Gasteiger charge is 2.25. The van der Waals surface area contributed by atoms with E-state index < -0.39 is 0 Å². The molecule has 1 fully saturated rings. The van der Waals surface area contributed by atoms with Crippen molar-refractivity contribution in [2.24, 2.45) is 0 Å². The van der Waals surface area contributed by atoms with Gasteiger partial charge in [0, 0.05) is 11.6 Å². The monoisotopic (exact) mass is 265 g/mol. The first-order valence-electron chi connectivity index (χ1n) is 6.60. The van der Waals surface area contributed by atoms with E-state index in [4.69, 9.17) is 11.6 Å². The summed E-state index contributed by atoms with van der Waals surface area (Å²) in [5.74, 6) is 0.00810.